The van der Waals surface area contributed by atoms with Gasteiger partial charge in [0.2, 0.25) is 15.8 Å². The molecule has 0 saturated carbocycles. The summed E-state index contributed by atoms with van der Waals surface area (Å²) in [7, 11) is -2.17. The van der Waals surface area contributed by atoms with Gasteiger partial charge >= 0.3 is 0 Å². The molecule has 8 nitrogen and oxygen atoms in total. The second-order valence-corrected chi connectivity index (χ2v) is 10.7. The lowest BCUT2D eigenvalue weighted by Crippen LogP contribution is -2.50. The van der Waals surface area contributed by atoms with Gasteiger partial charge in [-0.2, -0.15) is 4.31 Å². The van der Waals surface area contributed by atoms with Crippen molar-refractivity contribution in [2.24, 2.45) is 0 Å². The van der Waals surface area contributed by atoms with Gasteiger partial charge in [-0.1, -0.05) is 0 Å². The van der Waals surface area contributed by atoms with Crippen molar-refractivity contribution in [2.75, 3.05) is 46.5 Å². The van der Waals surface area contributed by atoms with Gasteiger partial charge in [0, 0.05) is 31.7 Å². The molecule has 1 amide bonds. The lowest BCUT2D eigenvalue weighted by Gasteiger charge is -2.35. The van der Waals surface area contributed by atoms with Crippen molar-refractivity contribution in [3.8, 4) is 17.2 Å². The summed E-state index contributed by atoms with van der Waals surface area (Å²) in [5.74, 6) is 1.22. The SMILES string of the molecule is COc1cc(C(=O)N2CCN(S(=O)(=O)c3c(C)c(C)c(C)c(C)c3C)CC2)cc2c1OCCO2. The number of methoxy groups -OCH3 is 1. The Balaban J connectivity index is 1.55. The Hall–Kier alpha value is -2.78. The molecule has 0 aliphatic carbocycles. The van der Waals surface area contributed by atoms with Crippen LogP contribution >= 0.6 is 0 Å². The molecule has 4 rings (SSSR count). The van der Waals surface area contributed by atoms with Gasteiger partial charge in [-0.15, -0.1) is 0 Å². The zero-order valence-corrected chi connectivity index (χ0v) is 21.5. The van der Waals surface area contributed by atoms with Crippen LogP contribution in [0.25, 0.3) is 0 Å². The summed E-state index contributed by atoms with van der Waals surface area (Å²) in [4.78, 5) is 15.3. The van der Waals surface area contributed by atoms with E-state index in [1.807, 2.05) is 34.6 Å². The Bertz CT molecular complexity index is 1200. The normalized spacial score (nSPS) is 16.5. The summed E-state index contributed by atoms with van der Waals surface area (Å²) in [6.07, 6.45) is 0. The maximum atomic E-state index is 13.6. The molecular weight excluding hydrogens is 456 g/mol. The summed E-state index contributed by atoms with van der Waals surface area (Å²) >= 11 is 0. The number of ether oxygens (including phenoxy) is 3. The highest BCUT2D eigenvalue weighted by atomic mass is 32.2. The van der Waals surface area contributed by atoms with E-state index in [0.717, 1.165) is 27.8 Å². The maximum absolute atomic E-state index is 13.6. The molecular formula is C25H32N2O6S. The number of carbonyl (C=O) groups is 1. The van der Waals surface area contributed by atoms with Gasteiger partial charge in [-0.05, 0) is 74.6 Å². The Labute approximate surface area is 201 Å². The summed E-state index contributed by atoms with van der Waals surface area (Å²) in [6, 6.07) is 3.30. The highest BCUT2D eigenvalue weighted by molar-refractivity contribution is 7.89. The van der Waals surface area contributed by atoms with Gasteiger partial charge in [-0.3, -0.25) is 4.79 Å². The third-order valence-corrected chi connectivity index (χ3v) is 9.30. The number of nitrogens with zero attached hydrogens (tertiary/aromatic N) is 2. The Morgan fingerprint density at radius 3 is 2.00 bits per heavy atom. The molecule has 0 unspecified atom stereocenters. The van der Waals surface area contributed by atoms with E-state index in [9.17, 15) is 13.2 Å². The number of sulfonamides is 1. The molecule has 2 aromatic carbocycles. The standard InChI is InChI=1S/C25H32N2O6S/c1-15-16(2)18(4)24(19(5)17(15)3)34(29,30)27-9-7-26(8-10-27)25(28)20-13-21(31-6)23-22(14-20)32-11-12-33-23/h13-14H,7-12H2,1-6H3. The Kier molecular flexibility index (Phi) is 6.52. The van der Waals surface area contributed by atoms with Crippen molar-refractivity contribution in [3.63, 3.8) is 0 Å². The smallest absolute Gasteiger partial charge is 0.254 e. The molecule has 0 bridgehead atoms. The van der Waals surface area contributed by atoms with Gasteiger partial charge in [0.15, 0.2) is 11.5 Å². The molecule has 2 aliphatic rings. The molecule has 1 saturated heterocycles. The van der Waals surface area contributed by atoms with E-state index in [1.165, 1.54) is 11.4 Å². The molecule has 2 aromatic rings. The Morgan fingerprint density at radius 1 is 0.853 bits per heavy atom. The van der Waals surface area contributed by atoms with E-state index in [4.69, 9.17) is 14.2 Å². The van der Waals surface area contributed by atoms with E-state index in [2.05, 4.69) is 0 Å². The largest absolute Gasteiger partial charge is 0.493 e. The van der Waals surface area contributed by atoms with Crippen LogP contribution in [0.3, 0.4) is 0 Å². The van der Waals surface area contributed by atoms with Gasteiger partial charge < -0.3 is 19.1 Å². The topological polar surface area (TPSA) is 85.4 Å². The van der Waals surface area contributed by atoms with Crippen LogP contribution < -0.4 is 14.2 Å². The van der Waals surface area contributed by atoms with Crippen LogP contribution in [0.1, 0.15) is 38.2 Å². The summed E-state index contributed by atoms with van der Waals surface area (Å²) < 4.78 is 45.4. The summed E-state index contributed by atoms with van der Waals surface area (Å²) in [5.41, 5.74) is 5.14. The van der Waals surface area contributed by atoms with Crippen molar-refractivity contribution in [1.82, 2.24) is 9.21 Å². The van der Waals surface area contributed by atoms with Crippen LogP contribution in [0.2, 0.25) is 0 Å². The van der Waals surface area contributed by atoms with Crippen LogP contribution in [0.15, 0.2) is 17.0 Å². The fourth-order valence-electron chi connectivity index (χ4n) is 4.69. The van der Waals surface area contributed by atoms with Crippen molar-refractivity contribution in [1.29, 1.82) is 0 Å². The first-order valence-corrected chi connectivity index (χ1v) is 12.9. The monoisotopic (exact) mass is 488 g/mol. The highest BCUT2D eigenvalue weighted by Gasteiger charge is 2.34. The second-order valence-electron chi connectivity index (χ2n) is 8.85. The zero-order valence-electron chi connectivity index (χ0n) is 20.6. The zero-order chi connectivity index (χ0) is 24.8. The molecule has 0 radical (unpaired) electrons. The predicted octanol–water partition coefficient (Wildman–Crippen LogP) is 3.16. The van der Waals surface area contributed by atoms with Crippen molar-refractivity contribution in [3.05, 3.63) is 45.5 Å². The van der Waals surface area contributed by atoms with Crippen molar-refractivity contribution in [2.45, 2.75) is 39.5 Å². The van der Waals surface area contributed by atoms with Crippen LogP contribution in [-0.4, -0.2) is 70.0 Å². The number of hydrogen-bond acceptors (Lipinski definition) is 6. The van der Waals surface area contributed by atoms with Crippen molar-refractivity contribution < 1.29 is 27.4 Å². The molecule has 184 valence electrons. The van der Waals surface area contributed by atoms with Crippen LogP contribution in [0.4, 0.5) is 0 Å². The van der Waals surface area contributed by atoms with Gasteiger partial charge in [0.1, 0.15) is 13.2 Å². The predicted molar refractivity (Wildman–Crippen MR) is 129 cm³/mol. The fraction of sp³-hybridized carbons (Fsp3) is 0.480. The number of fused-ring (bicyclic) bond motifs is 1. The Morgan fingerprint density at radius 2 is 1.41 bits per heavy atom. The number of rotatable bonds is 4. The average Bonchev–Trinajstić information content (AvgIpc) is 2.85. The van der Waals surface area contributed by atoms with Crippen LogP contribution in [0, 0.1) is 34.6 Å². The average molecular weight is 489 g/mol. The molecule has 0 aromatic heterocycles. The van der Waals surface area contributed by atoms with E-state index in [0.29, 0.717) is 54.0 Å². The maximum Gasteiger partial charge on any atom is 0.254 e. The first kappa shape index (κ1) is 24.3. The number of amides is 1. The minimum absolute atomic E-state index is 0.193. The van der Waals surface area contributed by atoms with Gasteiger partial charge in [0.25, 0.3) is 5.91 Å². The van der Waals surface area contributed by atoms with E-state index in [1.54, 1.807) is 17.0 Å². The lowest BCUT2D eigenvalue weighted by atomic mass is 9.95. The summed E-state index contributed by atoms with van der Waals surface area (Å²) in [5, 5.41) is 0. The number of piperazine rings is 1. The van der Waals surface area contributed by atoms with Gasteiger partial charge in [-0.25, -0.2) is 8.42 Å². The number of carbonyl (C=O) groups excluding carboxylic acids is 1. The third kappa shape index (κ3) is 4.01. The van der Waals surface area contributed by atoms with Crippen LogP contribution in [-0.2, 0) is 10.0 Å². The second kappa shape index (κ2) is 9.11. The lowest BCUT2D eigenvalue weighted by molar-refractivity contribution is 0.0696. The first-order valence-electron chi connectivity index (χ1n) is 11.4. The summed E-state index contributed by atoms with van der Waals surface area (Å²) in [6.45, 7) is 11.6. The van der Waals surface area contributed by atoms with E-state index >= 15 is 0 Å². The fourth-order valence-corrected chi connectivity index (χ4v) is 6.67. The molecule has 1 fully saturated rings. The molecule has 0 N–H and O–H groups in total. The number of benzene rings is 2. The quantitative estimate of drug-likeness (QED) is 0.657. The van der Waals surface area contributed by atoms with E-state index < -0.39 is 10.0 Å². The van der Waals surface area contributed by atoms with Gasteiger partial charge in [0.05, 0.1) is 12.0 Å². The highest BCUT2D eigenvalue weighted by Crippen LogP contribution is 2.40. The number of hydrogen-bond donors (Lipinski definition) is 0. The first-order chi connectivity index (χ1) is 16.1. The molecule has 0 spiro atoms. The molecule has 34 heavy (non-hydrogen) atoms. The van der Waals surface area contributed by atoms with E-state index in [-0.39, 0.29) is 19.0 Å². The minimum Gasteiger partial charge on any atom is -0.493 e. The molecule has 2 aliphatic heterocycles. The third-order valence-electron chi connectivity index (χ3n) is 7.13. The molecule has 9 heteroatoms. The molecule has 0 atom stereocenters. The van der Waals surface area contributed by atoms with Crippen LogP contribution in [0.5, 0.6) is 17.2 Å². The molecule has 2 heterocycles. The van der Waals surface area contributed by atoms with Crippen molar-refractivity contribution >= 4 is 15.9 Å². The minimum atomic E-state index is -3.68.